The molecule has 288 valence electrons. The first-order valence-electron chi connectivity index (χ1n) is 17.5. The minimum Gasteiger partial charge on any atom is -0.465 e. The Balaban J connectivity index is 1.28. The Labute approximate surface area is 315 Å². The average molecular weight is 774 g/mol. The average Bonchev–Trinajstić information content (AvgIpc) is 4.03. The number of sulfone groups is 1. The van der Waals surface area contributed by atoms with Gasteiger partial charge >= 0.3 is 18.2 Å². The highest BCUT2D eigenvalue weighted by Gasteiger charge is 2.50. The van der Waals surface area contributed by atoms with E-state index in [1.165, 1.54) is 11.9 Å². The number of carbonyl (C=O) groups is 5. The topological polar surface area (TPSA) is 218 Å². The number of urea groups is 1. The summed E-state index contributed by atoms with van der Waals surface area (Å²) < 4.78 is 33.5. The number of fused-ring (bicyclic) bond motifs is 1. The molecule has 3 fully saturated rings. The molecule has 1 aliphatic heterocycles. The molecule has 1 N–H and O–H groups in total. The molecule has 0 aromatic carbocycles. The van der Waals surface area contributed by atoms with E-state index in [0.29, 0.717) is 27.8 Å². The number of nitrogens with zero attached hydrogens (tertiary/aromatic N) is 9. The Bertz CT molecular complexity index is 2400. The predicted molar refractivity (Wildman–Crippen MR) is 196 cm³/mol. The van der Waals surface area contributed by atoms with Crippen LogP contribution in [0.1, 0.15) is 74.6 Å². The molecule has 3 aliphatic rings. The molecule has 4 aromatic rings. The van der Waals surface area contributed by atoms with Crippen LogP contribution in [0, 0.1) is 12.8 Å². The minimum atomic E-state index is -4.17. The highest BCUT2D eigenvalue weighted by molar-refractivity contribution is 7.90. The molecule has 5 heterocycles. The number of hydrogen-bond donors (Lipinski definition) is 1. The summed E-state index contributed by atoms with van der Waals surface area (Å²) in [6.07, 6.45) is 6.28. The van der Waals surface area contributed by atoms with Crippen molar-refractivity contribution >= 4 is 62.7 Å². The second-order valence-corrected chi connectivity index (χ2v) is 17.0. The fourth-order valence-corrected chi connectivity index (χ4v) is 7.25. The summed E-state index contributed by atoms with van der Waals surface area (Å²) in [5.41, 5.74) is 0.976. The normalized spacial score (nSPS) is 18.5. The number of likely N-dealkylation sites (N-methyl/N-ethyl adjacent to an activating group) is 1. The Morgan fingerprint density at radius 1 is 1.07 bits per heavy atom. The first-order valence-corrected chi connectivity index (χ1v) is 19.4. The number of carboxylic acid groups (broad SMARTS) is 1. The van der Waals surface area contributed by atoms with Gasteiger partial charge in [0, 0.05) is 55.5 Å². The van der Waals surface area contributed by atoms with E-state index in [1.807, 2.05) is 12.3 Å². The van der Waals surface area contributed by atoms with Crippen molar-refractivity contribution < 1.29 is 42.2 Å². The van der Waals surface area contributed by atoms with Gasteiger partial charge in [0.1, 0.15) is 28.7 Å². The van der Waals surface area contributed by atoms with Gasteiger partial charge in [0.05, 0.1) is 29.8 Å². The number of carbonyl (C=O) groups excluding carboxylic acids is 4. The van der Waals surface area contributed by atoms with Gasteiger partial charge in [-0.15, -0.1) is 0 Å². The summed E-state index contributed by atoms with van der Waals surface area (Å²) in [5.74, 6) is -2.09. The van der Waals surface area contributed by atoms with E-state index in [-0.39, 0.29) is 36.3 Å². The van der Waals surface area contributed by atoms with Gasteiger partial charge in [-0.2, -0.15) is 0 Å². The van der Waals surface area contributed by atoms with Crippen molar-refractivity contribution in [3.8, 4) is 0 Å². The lowest BCUT2D eigenvalue weighted by atomic mass is 10.1. The summed E-state index contributed by atoms with van der Waals surface area (Å²) in [5, 5.41) is 10.5. The van der Waals surface area contributed by atoms with Crippen molar-refractivity contribution in [1.29, 1.82) is 0 Å². The highest BCUT2D eigenvalue weighted by Crippen LogP contribution is 2.48. The van der Waals surface area contributed by atoms with E-state index < -0.39 is 68.5 Å². The van der Waals surface area contributed by atoms with E-state index in [9.17, 15) is 37.5 Å². The van der Waals surface area contributed by atoms with Crippen LogP contribution in [0.25, 0.3) is 5.65 Å². The number of imidazole rings is 1. The molecular weight excluding hydrogens is 735 g/mol. The number of hydrogen-bond acceptors (Lipinski definition) is 12. The molecule has 6 amide bonds. The second-order valence-electron chi connectivity index (χ2n) is 15.0. The summed E-state index contributed by atoms with van der Waals surface area (Å²) >= 11 is 0. The molecule has 18 nitrogen and oxygen atoms in total. The lowest BCUT2D eigenvalue weighted by Gasteiger charge is -2.28. The zero-order valence-corrected chi connectivity index (χ0v) is 31.8. The molecule has 55 heavy (non-hydrogen) atoms. The van der Waals surface area contributed by atoms with Crippen LogP contribution in [0.4, 0.5) is 31.6 Å². The van der Waals surface area contributed by atoms with Crippen LogP contribution in [-0.2, 0) is 30.7 Å². The Morgan fingerprint density at radius 2 is 1.80 bits per heavy atom. The van der Waals surface area contributed by atoms with Crippen molar-refractivity contribution in [2.24, 2.45) is 5.92 Å². The Hall–Kier alpha value is -5.98. The van der Waals surface area contributed by atoms with Gasteiger partial charge in [-0.05, 0) is 70.6 Å². The lowest BCUT2D eigenvalue weighted by molar-refractivity contribution is -0.124. The van der Waals surface area contributed by atoms with Crippen molar-refractivity contribution in [2.45, 2.75) is 75.8 Å². The third-order valence-corrected chi connectivity index (χ3v) is 10.6. The number of aryl methyl sites for hydroxylation is 1. The van der Waals surface area contributed by atoms with Crippen molar-refractivity contribution in [1.82, 2.24) is 29.2 Å². The van der Waals surface area contributed by atoms with Gasteiger partial charge < -0.3 is 14.2 Å². The monoisotopic (exact) mass is 773 g/mol. The van der Waals surface area contributed by atoms with Crippen molar-refractivity contribution in [3.05, 3.63) is 65.8 Å². The van der Waals surface area contributed by atoms with Crippen LogP contribution in [0.3, 0.4) is 0 Å². The summed E-state index contributed by atoms with van der Waals surface area (Å²) in [4.78, 5) is 87.1. The molecule has 4 aromatic heterocycles. The number of rotatable bonds is 9. The molecule has 2 aliphatic carbocycles. The largest absolute Gasteiger partial charge is 0.465 e. The van der Waals surface area contributed by atoms with Crippen LogP contribution in [0.15, 0.2) is 47.9 Å². The highest BCUT2D eigenvalue weighted by atomic mass is 32.2. The third-order valence-electron chi connectivity index (χ3n) is 9.48. The quantitative estimate of drug-likeness (QED) is 0.236. The molecule has 1 saturated heterocycles. The maximum atomic E-state index is 14.2. The van der Waals surface area contributed by atoms with E-state index in [4.69, 9.17) is 4.74 Å². The van der Waals surface area contributed by atoms with Crippen molar-refractivity contribution in [3.63, 3.8) is 0 Å². The number of pyridine rings is 2. The van der Waals surface area contributed by atoms with Crippen LogP contribution >= 0.6 is 0 Å². The predicted octanol–water partition coefficient (Wildman–Crippen LogP) is 4.26. The smallest absolute Gasteiger partial charge is 0.421 e. The van der Waals surface area contributed by atoms with Gasteiger partial charge in [-0.3, -0.25) is 24.3 Å². The van der Waals surface area contributed by atoms with Crippen molar-refractivity contribution in [2.75, 3.05) is 34.5 Å². The molecule has 19 heteroatoms. The molecule has 2 atom stereocenters. The molecule has 0 unspecified atom stereocenters. The zero-order valence-electron chi connectivity index (χ0n) is 31.0. The number of ether oxygens (including phenoxy) is 1. The zero-order chi connectivity index (χ0) is 39.7. The standard InChI is InChI=1S/C36H39N9O9S/c1-19-9-10-37-30(39-19)23-12-24(23)32(47)45(35(51)54-36(2,3)4)25-13-28(38-14-27(25)55(6,52)53)44(34(49)50)17-22-16-42-15-21(20-7-8-20)11-26(31(42)40-22)43-18-29(46)41(5)33(43)48/h9-11,13-16,20,23-24H,7-8,12,17-18H2,1-6H3,(H,49,50)/t23-,24-/m0/s1. The van der Waals surface area contributed by atoms with Crippen LogP contribution < -0.4 is 14.7 Å². The van der Waals surface area contributed by atoms with E-state index in [1.54, 1.807) is 50.6 Å². The summed E-state index contributed by atoms with van der Waals surface area (Å²) in [6, 6.07) is 4.04. The van der Waals surface area contributed by atoms with Gasteiger partial charge in [-0.1, -0.05) is 0 Å². The minimum absolute atomic E-state index is 0.186. The maximum Gasteiger partial charge on any atom is 0.421 e. The number of amides is 6. The molecule has 0 radical (unpaired) electrons. The number of imide groups is 2. The fourth-order valence-electron chi connectivity index (χ4n) is 6.47. The van der Waals surface area contributed by atoms with Crippen LogP contribution in [0.2, 0.25) is 0 Å². The SMILES string of the molecule is Cc1ccnc([C@H]2C[C@@H]2C(=O)N(C(=O)OC(C)(C)C)c2cc(N(Cc3cn4cc(C5CC5)cc(N5CC(=O)N(C)C5=O)c4n3)C(=O)O)ncc2S(C)(=O)=O)n1. The molecule has 0 spiro atoms. The fraction of sp³-hybridized carbons (Fsp3) is 0.417. The molecule has 2 saturated carbocycles. The number of anilines is 3. The van der Waals surface area contributed by atoms with E-state index in [2.05, 4.69) is 19.9 Å². The first kappa shape index (κ1) is 37.3. The van der Waals surface area contributed by atoms with Gasteiger partial charge in [0.25, 0.3) is 0 Å². The van der Waals surface area contributed by atoms with Crippen LogP contribution in [0.5, 0.6) is 0 Å². The first-order chi connectivity index (χ1) is 25.8. The van der Waals surface area contributed by atoms with E-state index >= 15 is 0 Å². The second kappa shape index (κ2) is 13.4. The van der Waals surface area contributed by atoms with E-state index in [0.717, 1.165) is 46.7 Å². The van der Waals surface area contributed by atoms with Gasteiger partial charge in [-0.25, -0.2) is 47.6 Å². The number of aromatic nitrogens is 5. The summed E-state index contributed by atoms with van der Waals surface area (Å²) in [7, 11) is -2.77. The summed E-state index contributed by atoms with van der Waals surface area (Å²) in [6.45, 7) is 5.92. The van der Waals surface area contributed by atoms with Gasteiger partial charge in [0.2, 0.25) is 11.8 Å². The Kier molecular flexibility index (Phi) is 9.10. The third kappa shape index (κ3) is 7.43. The lowest BCUT2D eigenvalue weighted by Crippen LogP contribution is -2.43. The molecule has 0 bridgehead atoms. The molecule has 7 rings (SSSR count). The maximum absolute atomic E-state index is 14.2. The van der Waals surface area contributed by atoms with Crippen LogP contribution in [-0.4, -0.2) is 98.2 Å². The Morgan fingerprint density at radius 3 is 2.40 bits per heavy atom. The molecular formula is C36H39N9O9S. The van der Waals surface area contributed by atoms with Gasteiger partial charge in [0.15, 0.2) is 15.5 Å².